The Bertz CT molecular complexity index is 5040. The average molecular weight is 1700 g/mol. The molecule has 0 spiro atoms. The summed E-state index contributed by atoms with van der Waals surface area (Å²) >= 11 is 0. The third-order valence-corrected chi connectivity index (χ3v) is 21.0. The van der Waals surface area contributed by atoms with E-state index in [9.17, 15) is 28.8 Å². The van der Waals surface area contributed by atoms with E-state index in [0.29, 0.717) is 84.1 Å². The molecule has 2 aromatic heterocycles. The van der Waals surface area contributed by atoms with Crippen LogP contribution in [0.3, 0.4) is 0 Å². The molecule has 0 fully saturated rings. The molecule has 0 amide bonds. The maximum absolute atomic E-state index is 12.6. The smallest absolute Gasteiger partial charge is 0.339 e. The van der Waals surface area contributed by atoms with Gasteiger partial charge < -0.3 is 32.8 Å². The number of pyridine rings is 1. The highest BCUT2D eigenvalue weighted by Crippen LogP contribution is 2.32. The van der Waals surface area contributed by atoms with Gasteiger partial charge in [0.25, 0.3) is 0 Å². The fraction of sp³-hybridized carbons (Fsp3) is 0.330. The molecule has 14 nitrogen and oxygen atoms in total. The number of benzene rings is 8. The zero-order valence-corrected chi connectivity index (χ0v) is 78.6. The van der Waals surface area contributed by atoms with Gasteiger partial charge in [-0.3, -0.25) is 4.98 Å². The third-order valence-electron chi connectivity index (χ3n) is 21.0. The van der Waals surface area contributed by atoms with Crippen LogP contribution in [0.1, 0.15) is 275 Å². The lowest BCUT2D eigenvalue weighted by molar-refractivity contribution is 0.0188. The van der Waals surface area contributed by atoms with E-state index in [4.69, 9.17) is 32.8 Å². The van der Waals surface area contributed by atoms with Crippen molar-refractivity contribution in [2.24, 2.45) is 5.92 Å². The summed E-state index contributed by atoms with van der Waals surface area (Å²) in [7, 11) is 0. The first kappa shape index (κ1) is 104. The quantitative estimate of drug-likeness (QED) is 0.0220. The zero-order valence-electron chi connectivity index (χ0n) is 78.6. The third kappa shape index (κ3) is 32.8. The maximum Gasteiger partial charge on any atom is 0.339 e. The Morgan fingerprint density at radius 1 is 0.333 bits per heavy atom. The van der Waals surface area contributed by atoms with Gasteiger partial charge in [-0.25, -0.2) is 28.8 Å². The minimum Gasteiger partial charge on any atom is -0.465 e. The largest absolute Gasteiger partial charge is 0.465 e. The van der Waals surface area contributed by atoms with Crippen LogP contribution < -0.4 is 0 Å². The van der Waals surface area contributed by atoms with Crippen molar-refractivity contribution in [2.75, 3.05) is 0 Å². The van der Waals surface area contributed by atoms with E-state index in [2.05, 4.69) is 65.2 Å². The minimum atomic E-state index is -0.440. The lowest BCUT2D eigenvalue weighted by Crippen LogP contribution is -2.24. The minimum absolute atomic E-state index is 0.0601. The fourth-order valence-corrected chi connectivity index (χ4v) is 15.7. The molecule has 6 atom stereocenters. The Hall–Kier alpha value is -12.6. The van der Waals surface area contributed by atoms with Gasteiger partial charge in [0.1, 0.15) is 36.3 Å². The van der Waals surface area contributed by atoms with Crippen molar-refractivity contribution in [2.45, 2.75) is 240 Å². The topological polar surface area (TPSA) is 184 Å². The molecule has 0 aliphatic carbocycles. The summed E-state index contributed by atoms with van der Waals surface area (Å²) < 4.78 is 39.4. The van der Waals surface area contributed by atoms with Crippen LogP contribution in [-0.2, 0) is 34.8 Å². The van der Waals surface area contributed by atoms with Crippen molar-refractivity contribution in [3.05, 3.63) is 408 Å². The summed E-state index contributed by atoms with van der Waals surface area (Å²) in [4.78, 5) is 79.0. The number of hydrogen-bond donors (Lipinski definition) is 0. The standard InChI is InChI=1S/C21H24O2.C20H22O2.C19H21NO2.C18H20O3.2C17H24O2/c1-5-9-19(14-18-10-7-6-8-11-18)23-21(22)20-16(3)12-15(2)13-17(20)4;1-5-9-18(17-10-7-6-8-11-17)22-20(21)19-15(3)12-14(2)13-16(19)4;1-5-7-17(16-8-6-9-20-12-16)22-19(21)18-14(3)10-13(2)11-15(18)4;1-5-7-16(15-8-6-9-20-15)21-18(19)17-13(3)10-12(2)11-14(17)4;1-7-8-15(11(2)3)19-17(18)16-13(5)9-12(4)10-14(16)6;1-6-8-15(9-7-2)19-17(18)16-13(4)10-12(3)11-14(16)5/h5-8,10-13,19H,1,9,14H2,2-4H3;5-8,10-13,18H,1,9H2,2-4H3;5-6,8-12,17H,1,7H2,2-4H3;5-6,8-11,16H,1,7H2,2-4H3;7,9-11,15H,1,8H2,2-6H3;6,10-11,15H,1,7-9H2,2-5H3/t19-;18-;17-;16-;2*15-/m011000/s1. The highest BCUT2D eigenvalue weighted by Gasteiger charge is 2.27. The second kappa shape index (κ2) is 52.9. The maximum atomic E-state index is 12.6. The molecule has 0 bridgehead atoms. The van der Waals surface area contributed by atoms with E-state index in [1.165, 1.54) is 5.56 Å². The van der Waals surface area contributed by atoms with E-state index in [1.54, 1.807) is 61.2 Å². The molecule has 10 rings (SSSR count). The van der Waals surface area contributed by atoms with Gasteiger partial charge in [0.05, 0.1) is 39.6 Å². The molecule has 0 aliphatic heterocycles. The Morgan fingerprint density at radius 3 is 0.937 bits per heavy atom. The molecule has 0 radical (unpaired) electrons. The van der Waals surface area contributed by atoms with Crippen molar-refractivity contribution in [3.8, 4) is 0 Å². The number of rotatable bonds is 32. The number of carbonyl (C=O) groups is 6. The van der Waals surface area contributed by atoms with Crippen molar-refractivity contribution in [1.29, 1.82) is 0 Å². The zero-order chi connectivity index (χ0) is 93.4. The highest BCUT2D eigenvalue weighted by molar-refractivity contribution is 5.96. The van der Waals surface area contributed by atoms with Crippen molar-refractivity contribution in [3.63, 3.8) is 0 Å². The molecule has 126 heavy (non-hydrogen) atoms. The molecule has 0 N–H and O–H groups in total. The van der Waals surface area contributed by atoms with Crippen LogP contribution in [0.15, 0.2) is 257 Å². The highest BCUT2D eigenvalue weighted by atomic mass is 16.6. The summed E-state index contributed by atoms with van der Waals surface area (Å²) in [5.41, 5.74) is 25.4. The summed E-state index contributed by atoms with van der Waals surface area (Å²) in [5.74, 6) is -0.669. The molecule has 0 saturated heterocycles. The van der Waals surface area contributed by atoms with Crippen molar-refractivity contribution < 1.29 is 61.6 Å². The Balaban J connectivity index is 0.000000269. The van der Waals surface area contributed by atoms with Gasteiger partial charge in [-0.1, -0.05) is 237 Å². The average Bonchev–Trinajstić information content (AvgIpc) is 0.919. The second-order valence-corrected chi connectivity index (χ2v) is 32.9. The first-order chi connectivity index (χ1) is 59.9. The SMILES string of the molecule is C=CC[C@@H](CCC)OC(=O)c1c(C)cc(C)cc1C.C=CC[C@@H](Cc1ccccc1)OC(=O)c1c(C)cc(C)cc1C.C=CC[C@@H](OC(=O)c1c(C)cc(C)cc1C)c1ccccc1.C=CC[C@@H](OC(=O)c1c(C)cc(C)cc1C)c1cccnc1.C=CC[C@H](OC(=O)c1c(C)cc(C)cc1C)C(C)C.C=CC[C@H](OC(=O)c1c(C)cc(C)cc1C)c1ccco1. The molecule has 0 saturated carbocycles. The van der Waals surface area contributed by atoms with E-state index >= 15 is 0 Å². The van der Waals surface area contributed by atoms with Crippen LogP contribution in [0.25, 0.3) is 0 Å². The van der Waals surface area contributed by atoms with E-state index in [-0.39, 0.29) is 72.3 Å². The molecular formula is C112H135NO13. The predicted molar refractivity (Wildman–Crippen MR) is 514 cm³/mol. The van der Waals surface area contributed by atoms with Crippen LogP contribution in [0.5, 0.6) is 0 Å². The van der Waals surface area contributed by atoms with Gasteiger partial charge in [-0.15, -0.1) is 39.5 Å². The van der Waals surface area contributed by atoms with E-state index in [0.717, 1.165) is 124 Å². The molecule has 0 aliphatic rings. The van der Waals surface area contributed by atoms with E-state index in [1.807, 2.05) is 276 Å². The number of ether oxygens (including phenoxy) is 6. The summed E-state index contributed by atoms with van der Waals surface area (Å²) in [6.07, 6.45) is 20.5. The summed E-state index contributed by atoms with van der Waals surface area (Å²) in [5, 5.41) is 0. The lowest BCUT2D eigenvalue weighted by Gasteiger charge is -2.21. The summed E-state index contributed by atoms with van der Waals surface area (Å²) in [6.45, 7) is 64.1. The summed E-state index contributed by atoms with van der Waals surface area (Å²) in [6, 6.07) is 51.3. The number of carbonyl (C=O) groups excluding carboxylic acids is 6. The van der Waals surface area contributed by atoms with E-state index < -0.39 is 6.10 Å². The number of nitrogens with zero attached hydrogens (tertiary/aromatic N) is 1. The van der Waals surface area contributed by atoms with Crippen molar-refractivity contribution in [1.82, 2.24) is 4.98 Å². The predicted octanol–water partition coefficient (Wildman–Crippen LogP) is 28.1. The van der Waals surface area contributed by atoms with Crippen LogP contribution in [-0.4, -0.2) is 59.1 Å². The van der Waals surface area contributed by atoms with Gasteiger partial charge in [0, 0.05) is 62.9 Å². The number of esters is 6. The van der Waals surface area contributed by atoms with Crippen molar-refractivity contribution >= 4 is 35.8 Å². The lowest BCUT2D eigenvalue weighted by atomic mass is 9.99. The van der Waals surface area contributed by atoms with Gasteiger partial charge in [0.15, 0.2) is 6.10 Å². The molecular weight excluding hydrogens is 1570 g/mol. The molecule has 10 aromatic rings. The van der Waals surface area contributed by atoms with Crippen LogP contribution in [0, 0.1) is 131 Å². The number of hydrogen-bond acceptors (Lipinski definition) is 14. The molecule has 14 heteroatoms. The van der Waals surface area contributed by atoms with Crippen LogP contribution >= 0.6 is 0 Å². The van der Waals surface area contributed by atoms with Gasteiger partial charge in [-0.2, -0.15) is 0 Å². The number of aromatic nitrogens is 1. The Kier molecular flexibility index (Phi) is 43.7. The number of furan rings is 1. The fourth-order valence-electron chi connectivity index (χ4n) is 15.7. The normalized spacial score (nSPS) is 11.9. The molecule has 666 valence electrons. The van der Waals surface area contributed by atoms with Gasteiger partial charge in [0.2, 0.25) is 0 Å². The molecule has 0 unspecified atom stereocenters. The molecule has 2 heterocycles. The number of aryl methyl sites for hydroxylation is 18. The monoisotopic (exact) mass is 1700 g/mol. The van der Waals surface area contributed by atoms with Gasteiger partial charge in [-0.05, 0) is 233 Å². The molecule has 8 aromatic carbocycles. The van der Waals surface area contributed by atoms with Crippen LogP contribution in [0.4, 0.5) is 0 Å². The van der Waals surface area contributed by atoms with Crippen LogP contribution in [0.2, 0.25) is 0 Å². The Labute approximate surface area is 752 Å². The second-order valence-electron chi connectivity index (χ2n) is 32.9. The Morgan fingerprint density at radius 2 is 0.627 bits per heavy atom. The first-order valence-corrected chi connectivity index (χ1v) is 43.3. The first-order valence-electron chi connectivity index (χ1n) is 43.3. The van der Waals surface area contributed by atoms with Gasteiger partial charge >= 0.3 is 35.8 Å².